The molecule has 0 aliphatic rings. The van der Waals surface area contributed by atoms with Gasteiger partial charge in [-0.2, -0.15) is 0 Å². The minimum Gasteiger partial charge on any atom is -0.326 e. The number of halogens is 1. The molecule has 0 unspecified atom stereocenters. The standard InChI is InChI=1S/C19H18ClN5O2S/c1-11(18(27)22-16-9-7-15(8-10-16)21-12(2)26)28-19-23-17(24-25-19)13-3-5-14(20)6-4-13/h3-11H,1-2H3,(H,21,26)(H,22,27)(H,23,24,25)/t11-/m0/s1. The van der Waals surface area contributed by atoms with E-state index in [4.69, 9.17) is 11.6 Å². The van der Waals surface area contributed by atoms with E-state index in [2.05, 4.69) is 25.8 Å². The lowest BCUT2D eigenvalue weighted by atomic mass is 10.2. The second kappa shape index (κ2) is 8.90. The third kappa shape index (κ3) is 5.34. The number of nitrogens with zero attached hydrogens (tertiary/aromatic N) is 2. The van der Waals surface area contributed by atoms with E-state index in [0.717, 1.165) is 5.56 Å². The number of rotatable bonds is 6. The third-order valence-electron chi connectivity index (χ3n) is 3.71. The van der Waals surface area contributed by atoms with E-state index in [0.29, 0.717) is 27.4 Å². The molecule has 1 heterocycles. The number of H-pyrrole nitrogens is 1. The fourth-order valence-corrected chi connectivity index (χ4v) is 3.18. The van der Waals surface area contributed by atoms with Gasteiger partial charge in [0.15, 0.2) is 5.82 Å². The average molecular weight is 416 g/mol. The fraction of sp³-hybridized carbons (Fsp3) is 0.158. The zero-order valence-corrected chi connectivity index (χ0v) is 16.8. The van der Waals surface area contributed by atoms with Crippen LogP contribution >= 0.6 is 23.4 Å². The molecule has 3 rings (SSSR count). The molecule has 1 aromatic heterocycles. The monoisotopic (exact) mass is 415 g/mol. The molecule has 144 valence electrons. The van der Waals surface area contributed by atoms with Crippen LogP contribution < -0.4 is 10.6 Å². The second-order valence-electron chi connectivity index (χ2n) is 5.98. The normalized spacial score (nSPS) is 11.7. The lowest BCUT2D eigenvalue weighted by Gasteiger charge is -2.10. The van der Waals surface area contributed by atoms with Crippen molar-refractivity contribution in [2.24, 2.45) is 0 Å². The molecule has 9 heteroatoms. The first-order valence-corrected chi connectivity index (χ1v) is 9.70. The summed E-state index contributed by atoms with van der Waals surface area (Å²) in [5, 5.41) is 13.3. The molecular weight excluding hydrogens is 398 g/mol. The predicted octanol–water partition coefficient (Wildman–Crippen LogP) is 4.20. The van der Waals surface area contributed by atoms with Crippen LogP contribution in [0, 0.1) is 0 Å². The van der Waals surface area contributed by atoms with Gasteiger partial charge in [-0.15, -0.1) is 5.10 Å². The number of hydrogen-bond donors (Lipinski definition) is 3. The first-order valence-electron chi connectivity index (χ1n) is 8.44. The first-order chi connectivity index (χ1) is 13.4. The van der Waals surface area contributed by atoms with Crippen molar-refractivity contribution in [1.82, 2.24) is 15.2 Å². The minimum atomic E-state index is -0.399. The zero-order valence-electron chi connectivity index (χ0n) is 15.2. The van der Waals surface area contributed by atoms with Gasteiger partial charge in [0.05, 0.1) is 5.25 Å². The van der Waals surface area contributed by atoms with Crippen LogP contribution in [0.15, 0.2) is 53.7 Å². The Bertz CT molecular complexity index is 973. The summed E-state index contributed by atoms with van der Waals surface area (Å²) in [4.78, 5) is 27.9. The van der Waals surface area contributed by atoms with Gasteiger partial charge in [-0.25, -0.2) is 4.98 Å². The van der Waals surface area contributed by atoms with Crippen molar-refractivity contribution >= 4 is 46.6 Å². The fourth-order valence-electron chi connectivity index (χ4n) is 2.33. The summed E-state index contributed by atoms with van der Waals surface area (Å²) < 4.78 is 0. The van der Waals surface area contributed by atoms with Gasteiger partial charge in [0.2, 0.25) is 17.0 Å². The van der Waals surface area contributed by atoms with Gasteiger partial charge in [0.1, 0.15) is 0 Å². The number of carbonyl (C=O) groups excluding carboxylic acids is 2. The predicted molar refractivity (Wildman–Crippen MR) is 112 cm³/mol. The number of amides is 2. The van der Waals surface area contributed by atoms with E-state index in [1.165, 1.54) is 18.7 Å². The lowest BCUT2D eigenvalue weighted by Crippen LogP contribution is -2.22. The average Bonchev–Trinajstić information content (AvgIpc) is 3.12. The van der Waals surface area contributed by atoms with Crippen LogP contribution in [0.4, 0.5) is 11.4 Å². The molecule has 3 N–H and O–H groups in total. The van der Waals surface area contributed by atoms with Crippen molar-refractivity contribution in [2.75, 3.05) is 10.6 Å². The maximum absolute atomic E-state index is 12.4. The quantitative estimate of drug-likeness (QED) is 0.524. The van der Waals surface area contributed by atoms with Gasteiger partial charge in [0, 0.05) is 28.9 Å². The summed E-state index contributed by atoms with van der Waals surface area (Å²) in [7, 11) is 0. The van der Waals surface area contributed by atoms with Crippen LogP contribution in [0.25, 0.3) is 11.4 Å². The maximum atomic E-state index is 12.4. The zero-order chi connectivity index (χ0) is 20.1. The van der Waals surface area contributed by atoms with Crippen molar-refractivity contribution < 1.29 is 9.59 Å². The molecular formula is C19H18ClN5O2S. The van der Waals surface area contributed by atoms with E-state index in [1.54, 1.807) is 43.3 Å². The molecule has 7 nitrogen and oxygen atoms in total. The van der Waals surface area contributed by atoms with Gasteiger partial charge < -0.3 is 10.6 Å². The van der Waals surface area contributed by atoms with Crippen LogP contribution in [0.2, 0.25) is 5.02 Å². The van der Waals surface area contributed by atoms with Crippen molar-refractivity contribution in [3.63, 3.8) is 0 Å². The molecule has 2 amide bonds. The van der Waals surface area contributed by atoms with Crippen LogP contribution in [-0.4, -0.2) is 32.2 Å². The summed E-state index contributed by atoms with van der Waals surface area (Å²) in [6, 6.07) is 14.2. The van der Waals surface area contributed by atoms with Gasteiger partial charge in [-0.05, 0) is 55.5 Å². The SMILES string of the molecule is CC(=O)Nc1ccc(NC(=O)[C@H](C)Sc2n[nH]c(-c3ccc(Cl)cc3)n2)cc1. The molecule has 0 spiro atoms. The highest BCUT2D eigenvalue weighted by Gasteiger charge is 2.17. The Labute approximate surface area is 171 Å². The molecule has 28 heavy (non-hydrogen) atoms. The summed E-state index contributed by atoms with van der Waals surface area (Å²) >= 11 is 7.14. The summed E-state index contributed by atoms with van der Waals surface area (Å²) in [6.07, 6.45) is 0. The highest BCUT2D eigenvalue weighted by atomic mass is 35.5. The minimum absolute atomic E-state index is 0.147. The molecule has 0 radical (unpaired) electrons. The molecule has 0 aliphatic carbocycles. The Morgan fingerprint density at radius 2 is 1.64 bits per heavy atom. The maximum Gasteiger partial charge on any atom is 0.237 e. The Balaban J connectivity index is 1.58. The van der Waals surface area contributed by atoms with Crippen LogP contribution in [0.5, 0.6) is 0 Å². The molecule has 0 saturated carbocycles. The van der Waals surface area contributed by atoms with Gasteiger partial charge in [-0.3, -0.25) is 14.7 Å². The molecule has 2 aromatic carbocycles. The van der Waals surface area contributed by atoms with E-state index in [1.807, 2.05) is 12.1 Å². The number of hydrogen-bond acceptors (Lipinski definition) is 5. The Morgan fingerprint density at radius 1 is 1.04 bits per heavy atom. The number of aromatic amines is 1. The lowest BCUT2D eigenvalue weighted by molar-refractivity contribution is -0.115. The van der Waals surface area contributed by atoms with Crippen LogP contribution in [0.1, 0.15) is 13.8 Å². The van der Waals surface area contributed by atoms with Crippen molar-refractivity contribution in [3.05, 3.63) is 53.6 Å². The number of thioether (sulfide) groups is 1. The van der Waals surface area contributed by atoms with Crippen molar-refractivity contribution in [3.8, 4) is 11.4 Å². The third-order valence-corrected chi connectivity index (χ3v) is 4.92. The topological polar surface area (TPSA) is 99.8 Å². The van der Waals surface area contributed by atoms with Gasteiger partial charge >= 0.3 is 0 Å². The van der Waals surface area contributed by atoms with E-state index in [9.17, 15) is 9.59 Å². The Hall–Kier alpha value is -2.84. The largest absolute Gasteiger partial charge is 0.326 e. The van der Waals surface area contributed by atoms with E-state index in [-0.39, 0.29) is 11.8 Å². The Morgan fingerprint density at radius 3 is 2.25 bits per heavy atom. The van der Waals surface area contributed by atoms with Gasteiger partial charge in [0.25, 0.3) is 0 Å². The molecule has 0 saturated heterocycles. The van der Waals surface area contributed by atoms with Crippen LogP contribution in [0.3, 0.4) is 0 Å². The molecule has 3 aromatic rings. The molecule has 1 atom stereocenters. The number of carbonyl (C=O) groups is 2. The van der Waals surface area contributed by atoms with Crippen molar-refractivity contribution in [2.45, 2.75) is 24.3 Å². The second-order valence-corrected chi connectivity index (χ2v) is 7.73. The number of benzene rings is 2. The molecule has 0 aliphatic heterocycles. The van der Waals surface area contributed by atoms with Crippen LogP contribution in [-0.2, 0) is 9.59 Å². The number of nitrogens with one attached hydrogen (secondary N) is 3. The molecule has 0 bridgehead atoms. The van der Waals surface area contributed by atoms with Crippen molar-refractivity contribution in [1.29, 1.82) is 0 Å². The van der Waals surface area contributed by atoms with E-state index < -0.39 is 5.25 Å². The van der Waals surface area contributed by atoms with E-state index >= 15 is 0 Å². The summed E-state index contributed by atoms with van der Waals surface area (Å²) in [5.41, 5.74) is 2.17. The highest BCUT2D eigenvalue weighted by Crippen LogP contribution is 2.24. The number of aromatic nitrogens is 3. The summed E-state index contributed by atoms with van der Waals surface area (Å²) in [6.45, 7) is 3.22. The van der Waals surface area contributed by atoms with Gasteiger partial charge in [-0.1, -0.05) is 23.4 Å². The smallest absolute Gasteiger partial charge is 0.237 e. The highest BCUT2D eigenvalue weighted by molar-refractivity contribution is 8.00. The first kappa shape index (κ1) is 19.9. The Kier molecular flexibility index (Phi) is 6.33. The number of anilines is 2. The molecule has 0 fully saturated rings. The summed E-state index contributed by atoms with van der Waals surface area (Å²) in [5.74, 6) is 0.293.